The zero-order chi connectivity index (χ0) is 18.5. The Kier molecular flexibility index (Phi) is 5.36. The minimum Gasteiger partial charge on any atom is -0.298 e. The zero-order valence-corrected chi connectivity index (χ0v) is 15.7. The third-order valence-corrected chi connectivity index (χ3v) is 6.21. The van der Waals surface area contributed by atoms with Crippen LogP contribution in [0.5, 0.6) is 0 Å². The lowest BCUT2D eigenvalue weighted by Crippen LogP contribution is -2.08. The van der Waals surface area contributed by atoms with Crippen molar-refractivity contribution in [1.29, 1.82) is 0 Å². The summed E-state index contributed by atoms with van der Waals surface area (Å²) in [4.78, 5) is 12.9. The summed E-state index contributed by atoms with van der Waals surface area (Å²) in [6.07, 6.45) is 3.92. The number of rotatable bonds is 5. The van der Waals surface area contributed by atoms with Gasteiger partial charge in [0.15, 0.2) is 6.29 Å². The van der Waals surface area contributed by atoms with Crippen molar-refractivity contribution in [3.63, 3.8) is 0 Å². The molecule has 1 heterocycles. The molecule has 0 saturated heterocycles. The smallest absolute Gasteiger partial charge is 0.151 e. The minimum atomic E-state index is 0.199. The molecule has 0 bridgehead atoms. The van der Waals surface area contributed by atoms with Gasteiger partial charge in [0.1, 0.15) is 0 Å². The third-order valence-electron chi connectivity index (χ3n) is 4.69. The van der Waals surface area contributed by atoms with Gasteiger partial charge in [-0.2, -0.15) is 0 Å². The van der Waals surface area contributed by atoms with Gasteiger partial charge in [0.05, 0.1) is 5.25 Å². The SMILES string of the molecule is O=CC1=C(c2ccccc2)S[C@@H](c2ccccc2)C(Cc2ccccc2)=C1. The highest BCUT2D eigenvalue weighted by Gasteiger charge is 2.26. The largest absolute Gasteiger partial charge is 0.298 e. The molecule has 0 saturated carbocycles. The van der Waals surface area contributed by atoms with Crippen molar-refractivity contribution in [1.82, 2.24) is 0 Å². The lowest BCUT2D eigenvalue weighted by Gasteiger charge is -2.27. The second-order valence-corrected chi connectivity index (χ2v) is 7.67. The second-order valence-electron chi connectivity index (χ2n) is 6.56. The van der Waals surface area contributed by atoms with Crippen LogP contribution in [-0.4, -0.2) is 6.29 Å². The van der Waals surface area contributed by atoms with E-state index in [0.717, 1.165) is 28.7 Å². The molecule has 1 nitrogen and oxygen atoms in total. The molecule has 2 heteroatoms. The quantitative estimate of drug-likeness (QED) is 0.495. The Morgan fingerprint density at radius 1 is 0.778 bits per heavy atom. The summed E-state index contributed by atoms with van der Waals surface area (Å²) < 4.78 is 0. The van der Waals surface area contributed by atoms with Crippen molar-refractivity contribution in [3.05, 3.63) is 125 Å². The maximum absolute atomic E-state index is 11.9. The Morgan fingerprint density at radius 2 is 1.37 bits per heavy atom. The molecule has 132 valence electrons. The first-order valence-electron chi connectivity index (χ1n) is 9.06. The van der Waals surface area contributed by atoms with Crippen molar-refractivity contribution >= 4 is 23.0 Å². The normalized spacial score (nSPS) is 16.7. The van der Waals surface area contributed by atoms with Crippen LogP contribution < -0.4 is 0 Å². The highest BCUT2D eigenvalue weighted by atomic mass is 32.2. The monoisotopic (exact) mass is 368 g/mol. The van der Waals surface area contributed by atoms with E-state index in [1.54, 1.807) is 11.8 Å². The van der Waals surface area contributed by atoms with E-state index < -0.39 is 0 Å². The van der Waals surface area contributed by atoms with Crippen LogP contribution in [0.4, 0.5) is 0 Å². The predicted molar refractivity (Wildman–Crippen MR) is 114 cm³/mol. The number of thioether (sulfide) groups is 1. The molecular weight excluding hydrogens is 348 g/mol. The molecule has 1 atom stereocenters. The fourth-order valence-electron chi connectivity index (χ4n) is 3.40. The number of hydrogen-bond donors (Lipinski definition) is 0. The Hall–Kier alpha value is -2.84. The van der Waals surface area contributed by atoms with Crippen LogP contribution in [0.25, 0.3) is 4.91 Å². The maximum Gasteiger partial charge on any atom is 0.151 e. The zero-order valence-electron chi connectivity index (χ0n) is 14.9. The summed E-state index contributed by atoms with van der Waals surface area (Å²) in [5.41, 5.74) is 5.66. The van der Waals surface area contributed by atoms with Gasteiger partial charge in [-0.15, -0.1) is 11.8 Å². The van der Waals surface area contributed by atoms with Crippen LogP contribution in [0.2, 0.25) is 0 Å². The van der Waals surface area contributed by atoms with Gasteiger partial charge in [0.2, 0.25) is 0 Å². The number of carbonyl (C=O) groups excluding carboxylic acids is 1. The number of aldehydes is 1. The molecule has 0 fully saturated rings. The molecule has 0 spiro atoms. The first-order valence-corrected chi connectivity index (χ1v) is 9.94. The van der Waals surface area contributed by atoms with Crippen LogP contribution in [0.1, 0.15) is 21.9 Å². The molecule has 4 rings (SSSR count). The first-order chi connectivity index (χ1) is 13.3. The van der Waals surface area contributed by atoms with Crippen molar-refractivity contribution < 1.29 is 4.79 Å². The van der Waals surface area contributed by atoms with Gasteiger partial charge in [-0.3, -0.25) is 4.79 Å². The molecule has 0 aromatic heterocycles. The summed E-state index contributed by atoms with van der Waals surface area (Å²) in [6.45, 7) is 0. The van der Waals surface area contributed by atoms with Crippen LogP contribution in [0, 0.1) is 0 Å². The van der Waals surface area contributed by atoms with Gasteiger partial charge in [-0.1, -0.05) is 91.0 Å². The Balaban J connectivity index is 1.79. The van der Waals surface area contributed by atoms with E-state index in [4.69, 9.17) is 0 Å². The van der Waals surface area contributed by atoms with Gasteiger partial charge in [-0.25, -0.2) is 0 Å². The van der Waals surface area contributed by atoms with Crippen LogP contribution in [0.15, 0.2) is 108 Å². The van der Waals surface area contributed by atoms with Gasteiger partial charge in [-0.05, 0) is 34.8 Å². The van der Waals surface area contributed by atoms with E-state index in [1.807, 2.05) is 30.3 Å². The molecule has 0 amide bonds. The Bertz CT molecular complexity index is 973. The van der Waals surface area contributed by atoms with Gasteiger partial charge >= 0.3 is 0 Å². The average Bonchev–Trinajstić information content (AvgIpc) is 2.75. The Labute approximate surface area is 164 Å². The average molecular weight is 369 g/mol. The molecule has 1 aliphatic heterocycles. The van der Waals surface area contributed by atoms with Crippen molar-refractivity contribution in [2.24, 2.45) is 0 Å². The second kappa shape index (κ2) is 8.24. The fraction of sp³-hybridized carbons (Fsp3) is 0.0800. The molecule has 27 heavy (non-hydrogen) atoms. The van der Waals surface area contributed by atoms with E-state index in [0.29, 0.717) is 0 Å². The highest BCUT2D eigenvalue weighted by molar-refractivity contribution is 8.08. The van der Waals surface area contributed by atoms with E-state index in [1.165, 1.54) is 16.7 Å². The summed E-state index contributed by atoms with van der Waals surface area (Å²) in [6, 6.07) is 31.2. The molecule has 0 radical (unpaired) electrons. The molecule has 3 aromatic rings. The summed E-state index contributed by atoms with van der Waals surface area (Å²) in [7, 11) is 0. The molecule has 3 aromatic carbocycles. The maximum atomic E-state index is 11.9. The molecule has 0 N–H and O–H groups in total. The molecule has 1 aliphatic rings. The summed E-state index contributed by atoms with van der Waals surface area (Å²) >= 11 is 1.78. The van der Waals surface area contributed by atoms with E-state index >= 15 is 0 Å². The number of hydrogen-bond acceptors (Lipinski definition) is 2. The van der Waals surface area contributed by atoms with E-state index in [2.05, 4.69) is 66.7 Å². The topological polar surface area (TPSA) is 17.1 Å². The van der Waals surface area contributed by atoms with Crippen LogP contribution in [-0.2, 0) is 11.2 Å². The molecular formula is C25H20OS. The standard InChI is InChI=1S/C25H20OS/c26-18-23-17-22(16-19-10-4-1-5-11-19)24(20-12-6-2-7-13-20)27-25(23)21-14-8-3-9-15-21/h1-15,17-18,24H,16H2/t24-/m0/s1. The number of benzene rings is 3. The van der Waals surface area contributed by atoms with Gasteiger partial charge < -0.3 is 0 Å². The first kappa shape index (κ1) is 17.6. The Morgan fingerprint density at radius 3 is 2.00 bits per heavy atom. The van der Waals surface area contributed by atoms with Crippen molar-refractivity contribution in [2.45, 2.75) is 11.7 Å². The third kappa shape index (κ3) is 3.96. The van der Waals surface area contributed by atoms with Crippen molar-refractivity contribution in [2.75, 3.05) is 0 Å². The lowest BCUT2D eigenvalue weighted by molar-refractivity contribution is -0.104. The van der Waals surface area contributed by atoms with Gasteiger partial charge in [0.25, 0.3) is 0 Å². The summed E-state index contributed by atoms with van der Waals surface area (Å²) in [5.74, 6) is 0. The fourth-order valence-corrected chi connectivity index (χ4v) is 4.75. The minimum absolute atomic E-state index is 0.199. The molecule has 0 unspecified atom stereocenters. The van der Waals surface area contributed by atoms with Crippen LogP contribution >= 0.6 is 11.8 Å². The number of carbonyl (C=O) groups is 1. The van der Waals surface area contributed by atoms with Gasteiger partial charge in [0, 0.05) is 10.5 Å². The van der Waals surface area contributed by atoms with Crippen LogP contribution in [0.3, 0.4) is 0 Å². The van der Waals surface area contributed by atoms with E-state index in [-0.39, 0.29) is 5.25 Å². The van der Waals surface area contributed by atoms with Crippen molar-refractivity contribution in [3.8, 4) is 0 Å². The lowest BCUT2D eigenvalue weighted by atomic mass is 9.95. The number of allylic oxidation sites excluding steroid dienone is 2. The predicted octanol–water partition coefficient (Wildman–Crippen LogP) is 6.25. The highest BCUT2D eigenvalue weighted by Crippen LogP contribution is 2.49. The summed E-state index contributed by atoms with van der Waals surface area (Å²) in [5, 5.41) is 0.199. The van der Waals surface area contributed by atoms with E-state index in [9.17, 15) is 4.79 Å². The molecule has 0 aliphatic carbocycles.